The smallest absolute Gasteiger partial charge is 0.323 e. The van der Waals surface area contributed by atoms with E-state index in [4.69, 9.17) is 4.74 Å². The molecule has 0 spiro atoms. The minimum absolute atomic E-state index is 0.299. The van der Waals surface area contributed by atoms with E-state index in [2.05, 4.69) is 20.6 Å². The number of nitrogens with one attached hydrogen (secondary N) is 2. The SMILES string of the molecule is O=C1Nc2ccnc3c2c(c(-c2cccc(Oc4ccccc4)n2)[s+]3C(=O)[O-])N1. The fourth-order valence-electron chi connectivity index (χ4n) is 3.24. The molecule has 2 amide bonds. The second kappa shape index (κ2) is 6.57. The summed E-state index contributed by atoms with van der Waals surface area (Å²) in [6, 6.07) is 15.3. The van der Waals surface area contributed by atoms with Gasteiger partial charge in [-0.05, 0) is 24.3 Å². The number of benzene rings is 1. The summed E-state index contributed by atoms with van der Waals surface area (Å²) in [6.07, 6.45) is 1.46. The molecule has 0 saturated carbocycles. The van der Waals surface area contributed by atoms with Crippen LogP contribution in [0.1, 0.15) is 0 Å². The number of nitrogens with zero attached hydrogens (tertiary/aromatic N) is 2. The number of thiophene rings is 1. The topological polar surface area (TPSA) is 116 Å². The zero-order valence-electron chi connectivity index (χ0n) is 14.7. The normalized spacial score (nSPS) is 13.0. The first kappa shape index (κ1) is 17.1. The van der Waals surface area contributed by atoms with E-state index in [1.807, 2.05) is 18.2 Å². The van der Waals surface area contributed by atoms with Crippen molar-refractivity contribution in [2.75, 3.05) is 10.6 Å². The van der Waals surface area contributed by atoms with Gasteiger partial charge in [0.1, 0.15) is 22.5 Å². The van der Waals surface area contributed by atoms with Gasteiger partial charge in [0, 0.05) is 12.3 Å². The van der Waals surface area contributed by atoms with Crippen LogP contribution in [0.4, 0.5) is 21.0 Å². The zero-order chi connectivity index (χ0) is 20.0. The van der Waals surface area contributed by atoms with Gasteiger partial charge in [0.25, 0.3) is 4.83 Å². The number of ether oxygens (including phenoxy) is 1. The van der Waals surface area contributed by atoms with E-state index in [0.717, 1.165) is 0 Å². The van der Waals surface area contributed by atoms with Crippen molar-refractivity contribution >= 4 is 43.4 Å². The number of anilines is 2. The Morgan fingerprint density at radius 1 is 1.03 bits per heavy atom. The summed E-state index contributed by atoms with van der Waals surface area (Å²) in [5.74, 6) is 0.899. The van der Waals surface area contributed by atoms with Crippen LogP contribution in [0, 0.1) is 0 Å². The summed E-state index contributed by atoms with van der Waals surface area (Å²) in [5, 5.41) is 16.7. The lowest BCUT2D eigenvalue weighted by molar-refractivity contribution is -0.233. The first-order valence-electron chi connectivity index (χ1n) is 8.59. The Hall–Kier alpha value is -3.98. The molecule has 8 nitrogen and oxygen atoms in total. The maximum absolute atomic E-state index is 12.1. The molecule has 1 unspecified atom stereocenters. The number of carbonyl (C=O) groups is 2. The van der Waals surface area contributed by atoms with E-state index in [0.29, 0.717) is 43.8 Å². The first-order valence-corrected chi connectivity index (χ1v) is 9.81. The average Bonchev–Trinajstić information content (AvgIpc) is 3.05. The molecular formula is C20H12N4O4S. The molecule has 1 aromatic carbocycles. The van der Waals surface area contributed by atoms with Crippen molar-refractivity contribution in [2.24, 2.45) is 0 Å². The van der Waals surface area contributed by atoms with E-state index >= 15 is 0 Å². The lowest BCUT2D eigenvalue weighted by Gasteiger charge is -2.13. The Bertz CT molecular complexity index is 1290. The molecule has 142 valence electrons. The summed E-state index contributed by atoms with van der Waals surface area (Å²) < 4.78 is 5.77. The van der Waals surface area contributed by atoms with E-state index < -0.39 is 21.8 Å². The lowest BCUT2D eigenvalue weighted by Crippen LogP contribution is -2.23. The van der Waals surface area contributed by atoms with Gasteiger partial charge in [0.15, 0.2) is 0 Å². The van der Waals surface area contributed by atoms with Crippen LogP contribution in [-0.2, 0) is 0 Å². The van der Waals surface area contributed by atoms with Gasteiger partial charge < -0.3 is 25.3 Å². The lowest BCUT2D eigenvalue weighted by atomic mass is 10.1. The number of rotatable bonds is 4. The van der Waals surface area contributed by atoms with Gasteiger partial charge in [-0.3, -0.25) is 0 Å². The quantitative estimate of drug-likeness (QED) is 0.497. The van der Waals surface area contributed by atoms with Crippen LogP contribution >= 0.6 is 10.5 Å². The third-order valence-electron chi connectivity index (χ3n) is 4.37. The second-order valence-electron chi connectivity index (χ2n) is 6.15. The number of hydrogen-bond donors (Lipinski definition) is 2. The first-order chi connectivity index (χ1) is 14.1. The van der Waals surface area contributed by atoms with Crippen LogP contribution in [0.15, 0.2) is 60.8 Å². The van der Waals surface area contributed by atoms with Gasteiger partial charge in [0.2, 0.25) is 10.8 Å². The van der Waals surface area contributed by atoms with Crippen molar-refractivity contribution < 1.29 is 19.4 Å². The average molecular weight is 404 g/mol. The van der Waals surface area contributed by atoms with Gasteiger partial charge in [-0.15, -0.1) is 0 Å². The van der Waals surface area contributed by atoms with Crippen LogP contribution in [0.2, 0.25) is 0 Å². The van der Waals surface area contributed by atoms with E-state index in [-0.39, 0.29) is 0 Å². The van der Waals surface area contributed by atoms with Gasteiger partial charge in [-0.2, -0.15) is 0 Å². The van der Waals surface area contributed by atoms with Crippen LogP contribution in [0.5, 0.6) is 11.6 Å². The van der Waals surface area contributed by atoms with Crippen molar-refractivity contribution in [3.63, 3.8) is 0 Å². The maximum Gasteiger partial charge on any atom is 0.323 e. The fraction of sp³-hybridized carbons (Fsp3) is 0. The molecule has 1 aliphatic heterocycles. The molecule has 1 atom stereocenters. The van der Waals surface area contributed by atoms with Gasteiger partial charge in [-0.25, -0.2) is 14.8 Å². The summed E-state index contributed by atoms with van der Waals surface area (Å²) in [5.41, 5.74) is 1.25. The molecule has 29 heavy (non-hydrogen) atoms. The van der Waals surface area contributed by atoms with Crippen LogP contribution in [0.25, 0.3) is 20.8 Å². The highest BCUT2D eigenvalue weighted by Gasteiger charge is 2.37. The van der Waals surface area contributed by atoms with Gasteiger partial charge in [-0.1, -0.05) is 24.3 Å². The number of aromatic nitrogens is 2. The summed E-state index contributed by atoms with van der Waals surface area (Å²) in [6.45, 7) is 0. The predicted octanol–water partition coefficient (Wildman–Crippen LogP) is 3.99. The predicted molar refractivity (Wildman–Crippen MR) is 107 cm³/mol. The zero-order valence-corrected chi connectivity index (χ0v) is 15.5. The minimum atomic E-state index is -1.51. The Balaban J connectivity index is 1.72. The van der Waals surface area contributed by atoms with E-state index in [9.17, 15) is 14.7 Å². The highest BCUT2D eigenvalue weighted by molar-refractivity contribution is 7.57. The molecule has 5 rings (SSSR count). The maximum atomic E-state index is 12.1. The number of carbonyl (C=O) groups excluding carboxylic acids is 2. The van der Waals surface area contributed by atoms with Gasteiger partial charge >= 0.3 is 11.3 Å². The number of para-hydroxylation sites is 1. The van der Waals surface area contributed by atoms with Crippen molar-refractivity contribution in [3.8, 4) is 22.2 Å². The molecule has 9 heteroatoms. The Morgan fingerprint density at radius 3 is 2.66 bits per heavy atom. The standard InChI is InChI=1S/C20H12N4O4S/c25-19-23-12-9-10-21-18-15(12)16(24-19)17(29(18)20(26)27)13-7-4-8-14(22-13)28-11-5-2-1-3-6-11/h1-10H,(H2-,21,22,23,24,25,26,27). The monoisotopic (exact) mass is 404 g/mol. The summed E-state index contributed by atoms with van der Waals surface area (Å²) in [4.78, 5) is 33.5. The molecule has 4 heterocycles. The van der Waals surface area contributed by atoms with Gasteiger partial charge in [0.05, 0.1) is 16.2 Å². The molecule has 4 aromatic rings. The van der Waals surface area contributed by atoms with E-state index in [1.54, 1.807) is 36.4 Å². The van der Waals surface area contributed by atoms with E-state index in [1.165, 1.54) is 6.20 Å². The number of urea groups is 1. The third kappa shape index (κ3) is 2.84. The molecule has 0 aliphatic carbocycles. The molecule has 0 radical (unpaired) electrons. The Kier molecular flexibility index (Phi) is 3.88. The molecule has 0 saturated heterocycles. The number of pyridine rings is 2. The molecular weight excluding hydrogens is 392 g/mol. The van der Waals surface area contributed by atoms with Crippen molar-refractivity contribution in [1.82, 2.24) is 9.97 Å². The summed E-state index contributed by atoms with van der Waals surface area (Å²) in [7, 11) is -1.51. The number of amides is 2. The highest BCUT2D eigenvalue weighted by Crippen LogP contribution is 2.52. The number of carboxylic acid groups (broad SMARTS) is 1. The Labute approximate surface area is 166 Å². The van der Waals surface area contributed by atoms with Crippen LogP contribution in [-0.4, -0.2) is 21.3 Å². The third-order valence-corrected chi connectivity index (χ3v) is 6.22. The second-order valence-corrected chi connectivity index (χ2v) is 7.89. The fourth-order valence-corrected chi connectivity index (χ4v) is 5.02. The van der Waals surface area contributed by atoms with Crippen molar-refractivity contribution in [1.29, 1.82) is 0 Å². The Morgan fingerprint density at radius 2 is 1.86 bits per heavy atom. The highest BCUT2D eigenvalue weighted by atomic mass is 32.2. The van der Waals surface area contributed by atoms with Crippen LogP contribution in [0.3, 0.4) is 0 Å². The van der Waals surface area contributed by atoms with Crippen molar-refractivity contribution in [3.05, 3.63) is 60.8 Å². The summed E-state index contributed by atoms with van der Waals surface area (Å²) >= 11 is 0. The molecule has 0 bridgehead atoms. The van der Waals surface area contributed by atoms with Crippen LogP contribution < -0.4 is 20.5 Å². The largest absolute Gasteiger partial charge is 0.500 e. The molecule has 3 aromatic heterocycles. The molecule has 0 fully saturated rings. The molecule has 2 N–H and O–H groups in total. The number of hydrogen-bond acceptors (Lipinski definition) is 6. The molecule has 1 aliphatic rings. The van der Waals surface area contributed by atoms with Crippen molar-refractivity contribution in [2.45, 2.75) is 0 Å². The minimum Gasteiger partial charge on any atom is -0.500 e.